The van der Waals surface area contributed by atoms with Crippen molar-refractivity contribution >= 4 is 0 Å². The summed E-state index contributed by atoms with van der Waals surface area (Å²) in [5.41, 5.74) is 0. The minimum absolute atomic E-state index is 0.381. The normalized spacial score (nSPS) is 15.3. The summed E-state index contributed by atoms with van der Waals surface area (Å²) < 4.78 is 4.20. The molecular formula is C10H14N4. The first-order valence-corrected chi connectivity index (χ1v) is 4.74. The van der Waals surface area contributed by atoms with E-state index in [4.69, 9.17) is 0 Å². The minimum atomic E-state index is 0.381. The summed E-state index contributed by atoms with van der Waals surface area (Å²) in [6.07, 6.45) is 11.3. The monoisotopic (exact) mass is 190 g/mol. The van der Waals surface area contributed by atoms with Gasteiger partial charge < -0.3 is 9.13 Å². The Morgan fingerprint density at radius 2 is 1.29 bits per heavy atom. The highest BCUT2D eigenvalue weighted by Crippen LogP contribution is 2.21. The Hall–Kier alpha value is -1.58. The zero-order valence-corrected chi connectivity index (χ0v) is 8.41. The van der Waals surface area contributed by atoms with Crippen molar-refractivity contribution < 1.29 is 0 Å². The van der Waals surface area contributed by atoms with Crippen molar-refractivity contribution in [3.63, 3.8) is 0 Å². The van der Waals surface area contributed by atoms with Crippen LogP contribution in [0.4, 0.5) is 0 Å². The molecule has 0 saturated carbocycles. The van der Waals surface area contributed by atoms with Crippen LogP contribution in [0.5, 0.6) is 0 Å². The fraction of sp³-hybridized carbons (Fsp3) is 0.400. The lowest BCUT2D eigenvalue weighted by Gasteiger charge is -2.22. The zero-order valence-electron chi connectivity index (χ0n) is 8.41. The lowest BCUT2D eigenvalue weighted by molar-refractivity contribution is 0.372. The second kappa shape index (κ2) is 3.65. The van der Waals surface area contributed by atoms with Crippen molar-refractivity contribution in [3.05, 3.63) is 37.4 Å². The summed E-state index contributed by atoms with van der Waals surface area (Å²) in [6, 6.07) is 0.762. The van der Waals surface area contributed by atoms with Gasteiger partial charge in [-0.15, -0.1) is 0 Å². The van der Waals surface area contributed by atoms with Crippen LogP contribution in [0.15, 0.2) is 37.4 Å². The molecule has 2 rings (SSSR count). The molecule has 4 nitrogen and oxygen atoms in total. The van der Waals surface area contributed by atoms with Crippen molar-refractivity contribution in [2.24, 2.45) is 0 Å². The smallest absolute Gasteiger partial charge is 0.0949 e. The second-order valence-electron chi connectivity index (χ2n) is 3.50. The third kappa shape index (κ3) is 1.55. The van der Waals surface area contributed by atoms with Crippen molar-refractivity contribution in [2.45, 2.75) is 25.9 Å². The Labute approximate surface area is 83.2 Å². The SMILES string of the molecule is CC(C(C)n1ccnc1)n1ccnc1. The van der Waals surface area contributed by atoms with Gasteiger partial charge in [0, 0.05) is 24.8 Å². The number of hydrogen-bond acceptors (Lipinski definition) is 2. The van der Waals surface area contributed by atoms with E-state index >= 15 is 0 Å². The van der Waals surface area contributed by atoms with Gasteiger partial charge >= 0.3 is 0 Å². The molecule has 0 amide bonds. The molecular weight excluding hydrogens is 176 g/mol. The molecule has 0 aromatic carbocycles. The minimum Gasteiger partial charge on any atom is -0.333 e. The lowest BCUT2D eigenvalue weighted by Crippen LogP contribution is -2.15. The van der Waals surface area contributed by atoms with Crippen LogP contribution in [0.3, 0.4) is 0 Å². The fourth-order valence-electron chi connectivity index (χ4n) is 1.52. The zero-order chi connectivity index (χ0) is 9.97. The van der Waals surface area contributed by atoms with Gasteiger partial charge in [-0.25, -0.2) is 9.97 Å². The van der Waals surface area contributed by atoms with Gasteiger partial charge in [0.05, 0.1) is 24.7 Å². The summed E-state index contributed by atoms with van der Waals surface area (Å²) in [6.45, 7) is 4.35. The molecule has 0 aliphatic heterocycles. The summed E-state index contributed by atoms with van der Waals surface area (Å²) in [7, 11) is 0. The molecule has 2 heterocycles. The molecule has 0 aliphatic carbocycles. The highest BCUT2D eigenvalue weighted by atomic mass is 15.1. The Morgan fingerprint density at radius 1 is 0.857 bits per heavy atom. The van der Waals surface area contributed by atoms with Gasteiger partial charge in [-0.1, -0.05) is 0 Å². The standard InChI is InChI=1S/C10H14N4/c1-9(13-5-3-11-7-13)10(2)14-6-4-12-8-14/h3-10H,1-2H3. The van der Waals surface area contributed by atoms with Crippen LogP contribution in [0.1, 0.15) is 25.9 Å². The van der Waals surface area contributed by atoms with E-state index in [0.29, 0.717) is 12.1 Å². The number of aromatic nitrogens is 4. The molecule has 0 fully saturated rings. The fourth-order valence-corrected chi connectivity index (χ4v) is 1.52. The van der Waals surface area contributed by atoms with Crippen LogP contribution in [0.25, 0.3) is 0 Å². The van der Waals surface area contributed by atoms with E-state index in [0.717, 1.165) is 0 Å². The van der Waals surface area contributed by atoms with Crippen molar-refractivity contribution in [3.8, 4) is 0 Å². The van der Waals surface area contributed by atoms with Gasteiger partial charge in [0.1, 0.15) is 0 Å². The maximum atomic E-state index is 4.05. The van der Waals surface area contributed by atoms with E-state index in [1.807, 2.05) is 25.0 Å². The van der Waals surface area contributed by atoms with E-state index in [9.17, 15) is 0 Å². The quantitative estimate of drug-likeness (QED) is 0.741. The number of imidazole rings is 2. The first-order valence-electron chi connectivity index (χ1n) is 4.74. The Kier molecular flexibility index (Phi) is 2.35. The molecule has 0 radical (unpaired) electrons. The van der Waals surface area contributed by atoms with Gasteiger partial charge in [0.15, 0.2) is 0 Å². The molecule has 2 unspecified atom stereocenters. The molecule has 0 aliphatic rings. The number of rotatable bonds is 3. The Balaban J connectivity index is 2.16. The highest BCUT2D eigenvalue weighted by Gasteiger charge is 2.14. The van der Waals surface area contributed by atoms with E-state index in [2.05, 4.69) is 32.9 Å². The molecule has 0 N–H and O–H groups in total. The summed E-state index contributed by atoms with van der Waals surface area (Å²) in [5.74, 6) is 0. The predicted molar refractivity (Wildman–Crippen MR) is 53.9 cm³/mol. The first-order chi connectivity index (χ1) is 6.79. The van der Waals surface area contributed by atoms with E-state index < -0.39 is 0 Å². The summed E-state index contributed by atoms with van der Waals surface area (Å²) >= 11 is 0. The van der Waals surface area contributed by atoms with Crippen molar-refractivity contribution in [1.29, 1.82) is 0 Å². The molecule has 0 bridgehead atoms. The Bertz CT molecular complexity index is 324. The second-order valence-corrected chi connectivity index (χ2v) is 3.50. The predicted octanol–water partition coefficient (Wildman–Crippen LogP) is 1.90. The third-order valence-corrected chi connectivity index (χ3v) is 2.69. The van der Waals surface area contributed by atoms with Crippen LogP contribution in [0.2, 0.25) is 0 Å². The van der Waals surface area contributed by atoms with Crippen LogP contribution in [-0.2, 0) is 0 Å². The summed E-state index contributed by atoms with van der Waals surface area (Å²) in [5, 5.41) is 0. The first kappa shape index (κ1) is 8.99. The maximum Gasteiger partial charge on any atom is 0.0949 e. The average molecular weight is 190 g/mol. The molecule has 0 saturated heterocycles. The molecule has 2 atom stereocenters. The Morgan fingerprint density at radius 3 is 1.57 bits per heavy atom. The van der Waals surface area contributed by atoms with Gasteiger partial charge in [0.2, 0.25) is 0 Å². The average Bonchev–Trinajstić information content (AvgIpc) is 2.87. The van der Waals surface area contributed by atoms with E-state index in [1.165, 1.54) is 0 Å². The highest BCUT2D eigenvalue weighted by molar-refractivity contribution is 4.86. The van der Waals surface area contributed by atoms with Crippen LogP contribution in [-0.4, -0.2) is 19.1 Å². The van der Waals surface area contributed by atoms with Gasteiger partial charge in [-0.05, 0) is 13.8 Å². The number of nitrogens with zero attached hydrogens (tertiary/aromatic N) is 4. The lowest BCUT2D eigenvalue weighted by atomic mass is 10.1. The topological polar surface area (TPSA) is 35.6 Å². The molecule has 2 aromatic heterocycles. The largest absolute Gasteiger partial charge is 0.333 e. The molecule has 2 aromatic rings. The number of hydrogen-bond donors (Lipinski definition) is 0. The van der Waals surface area contributed by atoms with Crippen LogP contribution >= 0.6 is 0 Å². The molecule has 74 valence electrons. The van der Waals surface area contributed by atoms with Crippen molar-refractivity contribution in [1.82, 2.24) is 19.1 Å². The summed E-state index contributed by atoms with van der Waals surface area (Å²) in [4.78, 5) is 8.09. The van der Waals surface area contributed by atoms with Crippen LogP contribution in [0, 0.1) is 0 Å². The van der Waals surface area contributed by atoms with Gasteiger partial charge in [-0.2, -0.15) is 0 Å². The van der Waals surface area contributed by atoms with E-state index in [-0.39, 0.29) is 0 Å². The molecule has 4 heteroatoms. The third-order valence-electron chi connectivity index (χ3n) is 2.69. The van der Waals surface area contributed by atoms with Gasteiger partial charge in [0.25, 0.3) is 0 Å². The van der Waals surface area contributed by atoms with Gasteiger partial charge in [-0.3, -0.25) is 0 Å². The van der Waals surface area contributed by atoms with Crippen molar-refractivity contribution in [2.75, 3.05) is 0 Å². The molecule has 14 heavy (non-hydrogen) atoms. The maximum absolute atomic E-state index is 4.05. The molecule has 0 spiro atoms. The van der Waals surface area contributed by atoms with Crippen LogP contribution < -0.4 is 0 Å². The van der Waals surface area contributed by atoms with E-state index in [1.54, 1.807) is 12.4 Å².